The molecule has 26 nitrogen and oxygen atoms in total. The van der Waals surface area contributed by atoms with Crippen molar-refractivity contribution in [1.29, 1.82) is 0 Å². The number of aromatic nitrogens is 12. The Morgan fingerprint density at radius 2 is 1.32 bits per heavy atom. The highest BCUT2D eigenvalue weighted by Gasteiger charge is 2.25. The van der Waals surface area contributed by atoms with Gasteiger partial charge in [-0.3, -0.25) is 14.4 Å². The molecule has 0 radical (unpaired) electrons. The molecule has 29 heteroatoms. The van der Waals surface area contributed by atoms with Crippen LogP contribution in [0, 0.1) is 25.2 Å². The fraction of sp³-hybridized carbons (Fsp3) is 0.250. The number of nitrogens with zero attached hydrogens (tertiary/aromatic N) is 12. The first-order chi connectivity index (χ1) is 56.9. The highest BCUT2D eigenvalue weighted by molar-refractivity contribution is 6.31. The number of para-hydroxylation sites is 1. The number of halogens is 3. The first kappa shape index (κ1) is 79.0. The number of aromatic amines is 3. The third-order valence-corrected chi connectivity index (χ3v) is 21.1. The zero-order valence-corrected chi connectivity index (χ0v) is 66.1. The van der Waals surface area contributed by atoms with Crippen molar-refractivity contribution >= 4 is 124 Å². The third kappa shape index (κ3) is 18.3. The maximum Gasteiger partial charge on any atom is 0.259 e. The fourth-order valence-corrected chi connectivity index (χ4v) is 14.4. The minimum atomic E-state index is -0.593. The van der Waals surface area contributed by atoms with E-state index in [0.717, 1.165) is 158 Å². The summed E-state index contributed by atoms with van der Waals surface area (Å²) in [6, 6.07) is 49.0. The quantitative estimate of drug-likeness (QED) is 0.0370. The highest BCUT2D eigenvalue weighted by Crippen LogP contribution is 2.38. The van der Waals surface area contributed by atoms with Gasteiger partial charge in [-0.2, -0.15) is 4.98 Å². The van der Waals surface area contributed by atoms with E-state index in [1.807, 2.05) is 128 Å². The number of benzene rings is 9. The fourth-order valence-electron chi connectivity index (χ4n) is 14.0. The standard InChI is InChI=1S/C26H22FN5O3.C22H22ClN5O.C22H23ClN4O2.C18H16N4O2/c1-2-9-35-23-8-5-16(24(28)33)10-19(23)25-30-20-12-21-22(11-18(20)26(34)31-25)32(14-29-21)13-15-3-6-17(27)7-4-15;1-14-3-4-15(11-20(14)23)13-25-21-19-12-16(24-2)5-6-18(19)22(27-26-21)28-9-7-17(29)8-10-28;1-14-6-8-27(9-7-14)22-25-18-4-3-16(23)11-17(18)21(26-22)24-12-15-2-5-19-20(10-15)29-13-28-19;1-2-7-24-16-6-4-3-5-11(16)17-21-13-9-15-14(19-10-20-15)8-12(13)18(23)22-17/h3-8,10-12,14H,2,9,13H2,1H3,(H2,28,33)(H,30,31,34);3-6,11-12,17,29H,7-10,13H2,1H3,(H,25,26);2-5,10-11,14H,6-9,12-13H2,1H3,(H,24,25,26);3-6,8-10H,2,7H2,1H3,(H,19,20)(H,21,22,23). The normalized spacial score (nSPS) is 13.4. The number of anilines is 4. The summed E-state index contributed by atoms with van der Waals surface area (Å²) in [6.45, 7) is 22.1. The summed E-state index contributed by atoms with van der Waals surface area (Å²) in [5.41, 5.74) is 16.1. The molecule has 15 aromatic rings. The molecule has 0 unspecified atom stereocenters. The summed E-state index contributed by atoms with van der Waals surface area (Å²) in [6.07, 6.45) is 8.51. The molecule has 0 saturated carbocycles. The molecule has 8 N–H and O–H groups in total. The van der Waals surface area contributed by atoms with Crippen molar-refractivity contribution in [2.24, 2.45) is 11.7 Å². The number of rotatable bonds is 19. The average Bonchev–Trinajstić information content (AvgIpc) is 1.75. The summed E-state index contributed by atoms with van der Waals surface area (Å²) in [7, 11) is 0. The number of hydrogen-bond donors (Lipinski definition) is 7. The van der Waals surface area contributed by atoms with Gasteiger partial charge in [-0.25, -0.2) is 34.2 Å². The van der Waals surface area contributed by atoms with Crippen LogP contribution in [0.25, 0.3) is 93.2 Å². The number of aliphatic hydroxyl groups excluding tert-OH is 1. The zero-order chi connectivity index (χ0) is 81.2. The van der Waals surface area contributed by atoms with Crippen LogP contribution < -0.4 is 56.2 Å². The second kappa shape index (κ2) is 35.6. The number of carbonyl (C=O) groups is 1. The Morgan fingerprint density at radius 1 is 0.641 bits per heavy atom. The molecule has 1 amide bonds. The van der Waals surface area contributed by atoms with Gasteiger partial charge in [0.05, 0.1) is 99.1 Å². The summed E-state index contributed by atoms with van der Waals surface area (Å²) < 4.78 is 37.6. The van der Waals surface area contributed by atoms with Crippen LogP contribution in [-0.4, -0.2) is 123 Å². The summed E-state index contributed by atoms with van der Waals surface area (Å²) in [5.74, 6) is 6.41. The molecule has 18 rings (SSSR count). The second-order valence-electron chi connectivity index (χ2n) is 28.9. The Balaban J connectivity index is 0.000000123. The average molecular weight is 1610 g/mol. The molecule has 2 saturated heterocycles. The maximum absolute atomic E-state index is 13.2. The lowest BCUT2D eigenvalue weighted by Crippen LogP contribution is -2.36. The number of primary amides is 1. The SMILES string of the molecule is CC1CCN(c2nc(NCc3ccc4c(c3)OCO4)c3cc(Cl)ccc3n2)CC1.CCCOc1ccc(C(N)=O)cc1-c1nc2cc3ncn(Cc4ccc(F)cc4)c3cc2c(=O)[nH]1.CCCOc1ccccc1-c1nc2cc3nc[nH]c3cc2c(=O)[nH]1.[C-]#[N+]c1ccc2c(N3CCC(O)CC3)nnc(NCc3ccc(C)c(Cl)c3)c2c1. The number of fused-ring (bicyclic) bond motifs is 7. The van der Waals surface area contributed by atoms with E-state index in [1.54, 1.807) is 61.2 Å². The smallest absolute Gasteiger partial charge is 0.259 e. The van der Waals surface area contributed by atoms with Crippen molar-refractivity contribution < 1.29 is 33.2 Å². The highest BCUT2D eigenvalue weighted by atomic mass is 35.5. The van der Waals surface area contributed by atoms with Crippen LogP contribution >= 0.6 is 23.2 Å². The minimum absolute atomic E-state index is 0.184. The first-order valence-electron chi connectivity index (χ1n) is 38.6. The molecule has 9 aromatic carbocycles. The van der Waals surface area contributed by atoms with Crippen LogP contribution in [0.5, 0.6) is 23.0 Å². The van der Waals surface area contributed by atoms with Crippen LogP contribution in [0.1, 0.15) is 91.9 Å². The van der Waals surface area contributed by atoms with Crippen LogP contribution in [0.2, 0.25) is 10.0 Å². The number of ether oxygens (including phenoxy) is 4. The largest absolute Gasteiger partial charge is 0.493 e. The van der Waals surface area contributed by atoms with E-state index < -0.39 is 5.91 Å². The molecule has 594 valence electrons. The lowest BCUT2D eigenvalue weighted by Gasteiger charge is -2.31. The van der Waals surface area contributed by atoms with E-state index in [9.17, 15) is 23.9 Å². The third-order valence-electron chi connectivity index (χ3n) is 20.5. The van der Waals surface area contributed by atoms with Crippen molar-refractivity contribution in [3.05, 3.63) is 252 Å². The van der Waals surface area contributed by atoms with Gasteiger partial charge in [0.15, 0.2) is 28.8 Å². The zero-order valence-electron chi connectivity index (χ0n) is 64.6. The number of piperidine rings is 2. The van der Waals surface area contributed by atoms with Gasteiger partial charge in [0.2, 0.25) is 18.6 Å². The van der Waals surface area contributed by atoms with Crippen LogP contribution in [0.15, 0.2) is 186 Å². The Labute approximate surface area is 681 Å². The van der Waals surface area contributed by atoms with E-state index in [-0.39, 0.29) is 41.2 Å². The van der Waals surface area contributed by atoms with Gasteiger partial charge in [0, 0.05) is 77.6 Å². The number of hydrogen-bond acceptors (Lipinski definition) is 20. The monoisotopic (exact) mass is 1610 g/mol. The number of nitrogens with two attached hydrogens (primary N) is 1. The summed E-state index contributed by atoms with van der Waals surface area (Å²) >= 11 is 12.5. The Morgan fingerprint density at radius 3 is 2.05 bits per heavy atom. The van der Waals surface area contributed by atoms with Crippen molar-refractivity contribution in [3.8, 4) is 45.8 Å². The molecule has 3 aliphatic heterocycles. The Hall–Kier alpha value is -13.3. The topological polar surface area (TPSA) is 325 Å². The summed E-state index contributed by atoms with van der Waals surface area (Å²) in [4.78, 5) is 81.6. The van der Waals surface area contributed by atoms with Gasteiger partial charge in [-0.15, -0.1) is 10.2 Å². The molecule has 6 aromatic heterocycles. The molecule has 3 aliphatic rings. The Bertz CT molecular complexity index is 6360. The first-order valence-corrected chi connectivity index (χ1v) is 39.4. The second-order valence-corrected chi connectivity index (χ2v) is 29.7. The van der Waals surface area contributed by atoms with Crippen molar-refractivity contribution in [2.75, 3.05) is 66.6 Å². The van der Waals surface area contributed by atoms with E-state index >= 15 is 0 Å². The van der Waals surface area contributed by atoms with Crippen LogP contribution in [0.3, 0.4) is 0 Å². The molecular formula is C88H83Cl2FN18O8. The lowest BCUT2D eigenvalue weighted by atomic mass is 10.00. The van der Waals surface area contributed by atoms with E-state index in [0.29, 0.717) is 99.6 Å². The minimum Gasteiger partial charge on any atom is -0.493 e. The van der Waals surface area contributed by atoms with Gasteiger partial charge >= 0.3 is 0 Å². The number of amides is 1. The predicted octanol–water partition coefficient (Wildman–Crippen LogP) is 16.8. The van der Waals surface area contributed by atoms with Crippen LogP contribution in [-0.2, 0) is 19.6 Å². The summed E-state index contributed by atoms with van der Waals surface area (Å²) in [5, 5.41) is 30.6. The predicted molar refractivity (Wildman–Crippen MR) is 456 cm³/mol. The van der Waals surface area contributed by atoms with Crippen molar-refractivity contribution in [1.82, 2.24) is 59.6 Å². The molecule has 117 heavy (non-hydrogen) atoms. The van der Waals surface area contributed by atoms with E-state index in [2.05, 4.69) is 77.3 Å². The van der Waals surface area contributed by atoms with Crippen LogP contribution in [0.4, 0.5) is 33.5 Å². The molecule has 0 bridgehead atoms. The van der Waals surface area contributed by atoms with Gasteiger partial charge in [-0.05, 0) is 183 Å². The molecule has 9 heterocycles. The Kier molecular flexibility index (Phi) is 24.0. The number of aryl methyl sites for hydroxylation is 1. The van der Waals surface area contributed by atoms with E-state index in [1.165, 1.54) is 25.0 Å². The van der Waals surface area contributed by atoms with E-state index in [4.69, 9.17) is 64.4 Å². The molecule has 2 fully saturated rings. The molecule has 0 spiro atoms. The number of aliphatic hydroxyl groups is 1. The molecular weight excluding hydrogens is 1530 g/mol. The lowest BCUT2D eigenvalue weighted by molar-refractivity contribution is 0.1000. The maximum atomic E-state index is 13.2. The number of nitrogens with one attached hydrogen (secondary N) is 5. The number of imidazole rings is 2. The van der Waals surface area contributed by atoms with Crippen molar-refractivity contribution in [3.63, 3.8) is 0 Å². The van der Waals surface area contributed by atoms with Gasteiger partial charge < -0.3 is 69.7 Å². The number of H-pyrrole nitrogens is 3. The number of carbonyl (C=O) groups excluding carboxylic acids is 1. The van der Waals surface area contributed by atoms with Gasteiger partial charge in [0.1, 0.15) is 34.8 Å². The molecule has 0 atom stereocenters. The molecule has 0 aliphatic carbocycles. The van der Waals surface area contributed by atoms with Gasteiger partial charge in [-0.1, -0.05) is 98.6 Å². The van der Waals surface area contributed by atoms with Crippen molar-refractivity contribution in [2.45, 2.75) is 92.0 Å². The van der Waals surface area contributed by atoms with Gasteiger partial charge in [0.25, 0.3) is 11.1 Å².